The number of ether oxygens (including phenoxy) is 2. The second-order valence-electron chi connectivity index (χ2n) is 8.88. The number of thiazole rings is 1. The van der Waals surface area contributed by atoms with E-state index in [0.29, 0.717) is 48.4 Å². The summed E-state index contributed by atoms with van der Waals surface area (Å²) in [5.41, 5.74) is 2.41. The van der Waals surface area contributed by atoms with Crippen LogP contribution in [0.25, 0.3) is 6.08 Å². The molecule has 0 fully saturated rings. The van der Waals surface area contributed by atoms with Gasteiger partial charge in [-0.1, -0.05) is 82.7 Å². The van der Waals surface area contributed by atoms with Gasteiger partial charge in [0.05, 0.1) is 33.4 Å². The van der Waals surface area contributed by atoms with Gasteiger partial charge in [0, 0.05) is 15.6 Å². The molecule has 0 N–H and O–H groups in total. The molecule has 40 heavy (non-hydrogen) atoms. The van der Waals surface area contributed by atoms with Gasteiger partial charge in [0.2, 0.25) is 0 Å². The van der Waals surface area contributed by atoms with Gasteiger partial charge in [-0.3, -0.25) is 9.36 Å². The highest BCUT2D eigenvalue weighted by Gasteiger charge is 2.33. The number of allylic oxidation sites excluding steroid dienone is 1. The molecule has 1 atom stereocenters. The topological polar surface area (TPSA) is 69.9 Å². The van der Waals surface area contributed by atoms with Crippen molar-refractivity contribution in [3.63, 3.8) is 0 Å². The van der Waals surface area contributed by atoms with Crippen LogP contribution in [0.2, 0.25) is 0 Å². The van der Waals surface area contributed by atoms with Crippen molar-refractivity contribution in [1.82, 2.24) is 4.57 Å². The molecule has 10 heteroatoms. The predicted molar refractivity (Wildman–Crippen MR) is 159 cm³/mol. The van der Waals surface area contributed by atoms with Crippen molar-refractivity contribution < 1.29 is 18.7 Å². The van der Waals surface area contributed by atoms with Crippen LogP contribution in [0.1, 0.15) is 36.1 Å². The van der Waals surface area contributed by atoms with Crippen LogP contribution >= 0.6 is 43.2 Å². The summed E-state index contributed by atoms with van der Waals surface area (Å²) in [7, 11) is 1.32. The summed E-state index contributed by atoms with van der Waals surface area (Å²) < 4.78 is 28.8. The van der Waals surface area contributed by atoms with Gasteiger partial charge in [-0.05, 0) is 52.2 Å². The Bertz CT molecular complexity index is 1820. The fraction of sp³-hybridized carbons (Fsp3) is 0.167. The molecule has 2 heterocycles. The molecular formula is C30H23Br2FN2O4S. The zero-order valence-corrected chi connectivity index (χ0v) is 25.5. The normalized spacial score (nSPS) is 15.0. The maximum absolute atomic E-state index is 14.2. The molecule has 3 aromatic carbocycles. The quantitative estimate of drug-likeness (QED) is 0.223. The molecule has 0 aliphatic carbocycles. The van der Waals surface area contributed by atoms with Crippen LogP contribution < -0.4 is 19.6 Å². The number of carbonyl (C=O) groups excluding carboxylic acids is 1. The van der Waals surface area contributed by atoms with Gasteiger partial charge in [-0.2, -0.15) is 0 Å². The van der Waals surface area contributed by atoms with E-state index >= 15 is 0 Å². The van der Waals surface area contributed by atoms with Crippen LogP contribution in [0.3, 0.4) is 0 Å². The van der Waals surface area contributed by atoms with Crippen molar-refractivity contribution in [3.8, 4) is 5.75 Å². The molecule has 0 saturated carbocycles. The molecule has 0 amide bonds. The lowest BCUT2D eigenvalue weighted by atomic mass is 9.95. The van der Waals surface area contributed by atoms with Crippen LogP contribution in [0.5, 0.6) is 5.75 Å². The first-order valence-corrected chi connectivity index (χ1v) is 14.8. The minimum absolute atomic E-state index is 0.00531. The average Bonchev–Trinajstić information content (AvgIpc) is 3.26. The SMILES string of the molecule is CCC1=C(C(=O)OC)[C@H](c2ccccc2)n2c(s/c(=C/c3cc(Br)cc(Br)c3OCc3ccccc3F)c2=O)=N1. The van der Waals surface area contributed by atoms with E-state index in [9.17, 15) is 14.0 Å². The number of fused-ring (bicyclic) bond motifs is 1. The number of benzene rings is 3. The van der Waals surface area contributed by atoms with Gasteiger partial charge < -0.3 is 9.47 Å². The molecule has 6 nitrogen and oxygen atoms in total. The number of nitrogens with zero attached hydrogens (tertiary/aromatic N) is 2. The second kappa shape index (κ2) is 12.0. The summed E-state index contributed by atoms with van der Waals surface area (Å²) in [6.45, 7) is 1.92. The molecule has 1 aliphatic heterocycles. The first-order chi connectivity index (χ1) is 19.3. The molecule has 4 aromatic rings. The Morgan fingerprint density at radius 1 is 1.12 bits per heavy atom. The molecular weight excluding hydrogens is 663 g/mol. The Morgan fingerprint density at radius 2 is 1.85 bits per heavy atom. The number of rotatable bonds is 7. The van der Waals surface area contributed by atoms with Crippen LogP contribution in [0.4, 0.5) is 4.39 Å². The molecule has 204 valence electrons. The summed E-state index contributed by atoms with van der Waals surface area (Å²) >= 11 is 8.28. The van der Waals surface area contributed by atoms with E-state index in [0.717, 1.165) is 10.0 Å². The molecule has 0 spiro atoms. The molecule has 0 bridgehead atoms. The summed E-state index contributed by atoms with van der Waals surface area (Å²) in [6, 6.07) is 18.7. The number of halogens is 3. The molecule has 1 aromatic heterocycles. The Kier molecular flexibility index (Phi) is 8.48. The number of hydrogen-bond acceptors (Lipinski definition) is 6. The van der Waals surface area contributed by atoms with E-state index in [1.54, 1.807) is 28.8 Å². The van der Waals surface area contributed by atoms with E-state index in [1.165, 1.54) is 24.5 Å². The van der Waals surface area contributed by atoms with E-state index in [2.05, 4.69) is 31.9 Å². The Balaban J connectivity index is 1.67. The van der Waals surface area contributed by atoms with Gasteiger partial charge in [0.1, 0.15) is 18.2 Å². The van der Waals surface area contributed by atoms with Gasteiger partial charge >= 0.3 is 5.97 Å². The van der Waals surface area contributed by atoms with E-state index in [-0.39, 0.29) is 18.0 Å². The van der Waals surface area contributed by atoms with E-state index < -0.39 is 12.0 Å². The molecule has 0 saturated heterocycles. The zero-order chi connectivity index (χ0) is 28.4. The zero-order valence-electron chi connectivity index (χ0n) is 21.5. The molecule has 0 unspecified atom stereocenters. The van der Waals surface area contributed by atoms with Crippen molar-refractivity contribution in [2.24, 2.45) is 4.99 Å². The summed E-state index contributed by atoms with van der Waals surface area (Å²) in [6.07, 6.45) is 2.22. The fourth-order valence-corrected chi connectivity index (χ4v) is 6.94. The number of carbonyl (C=O) groups is 1. The average molecular weight is 686 g/mol. The largest absolute Gasteiger partial charge is 0.487 e. The fourth-order valence-electron chi connectivity index (χ4n) is 4.56. The minimum atomic E-state index is -0.687. The summed E-state index contributed by atoms with van der Waals surface area (Å²) in [5, 5.41) is 0. The highest BCUT2D eigenvalue weighted by molar-refractivity contribution is 9.11. The lowest BCUT2D eigenvalue weighted by Crippen LogP contribution is -2.40. The van der Waals surface area contributed by atoms with E-state index in [4.69, 9.17) is 14.5 Å². The van der Waals surface area contributed by atoms with Crippen molar-refractivity contribution in [3.05, 3.63) is 129 Å². The molecule has 5 rings (SSSR count). The summed E-state index contributed by atoms with van der Waals surface area (Å²) in [4.78, 5) is 32.1. The van der Waals surface area contributed by atoms with Crippen molar-refractivity contribution in [2.45, 2.75) is 26.0 Å². The lowest BCUT2D eigenvalue weighted by Gasteiger charge is -2.25. The number of esters is 1. The standard InChI is InChI=1S/C30H23Br2FN2O4S/c1-3-23-25(29(37)38-2)26(17-9-5-4-6-10-17)35-28(36)24(40-30(35)34-23)14-19-13-20(31)15-21(32)27(19)39-16-18-11-7-8-12-22(18)33/h4-15,26H,3,16H2,1-2H3/b24-14+/t26-/m0/s1. The van der Waals surface area contributed by atoms with Crippen LogP contribution in [0, 0.1) is 5.82 Å². The first kappa shape index (κ1) is 28.2. The van der Waals surface area contributed by atoms with Crippen LogP contribution in [-0.2, 0) is 16.1 Å². The van der Waals surface area contributed by atoms with Gasteiger partial charge in [-0.15, -0.1) is 0 Å². The van der Waals surface area contributed by atoms with E-state index in [1.807, 2.05) is 49.4 Å². The Hall–Kier alpha value is -3.34. The third-order valence-electron chi connectivity index (χ3n) is 6.42. The van der Waals surface area contributed by atoms with Crippen LogP contribution in [-0.4, -0.2) is 17.6 Å². The summed E-state index contributed by atoms with van der Waals surface area (Å²) in [5.74, 6) is -0.426. The number of aromatic nitrogens is 1. The molecule has 1 aliphatic rings. The maximum Gasteiger partial charge on any atom is 0.338 e. The lowest BCUT2D eigenvalue weighted by molar-refractivity contribution is -0.136. The first-order valence-electron chi connectivity index (χ1n) is 12.4. The predicted octanol–water partition coefficient (Wildman–Crippen LogP) is 6.04. The Morgan fingerprint density at radius 3 is 2.55 bits per heavy atom. The second-order valence-corrected chi connectivity index (χ2v) is 11.7. The smallest absolute Gasteiger partial charge is 0.338 e. The third kappa shape index (κ3) is 5.48. The highest BCUT2D eigenvalue weighted by Crippen LogP contribution is 2.35. The minimum Gasteiger partial charge on any atom is -0.487 e. The van der Waals surface area contributed by atoms with Crippen molar-refractivity contribution in [2.75, 3.05) is 7.11 Å². The maximum atomic E-state index is 14.2. The number of methoxy groups -OCH3 is 1. The van der Waals surface area contributed by atoms with Gasteiger partial charge in [0.15, 0.2) is 4.80 Å². The Labute approximate surface area is 250 Å². The monoisotopic (exact) mass is 684 g/mol. The third-order valence-corrected chi connectivity index (χ3v) is 8.45. The van der Waals surface area contributed by atoms with Gasteiger partial charge in [0.25, 0.3) is 5.56 Å². The van der Waals surface area contributed by atoms with Gasteiger partial charge in [-0.25, -0.2) is 14.2 Å². The highest BCUT2D eigenvalue weighted by atomic mass is 79.9. The number of hydrogen-bond donors (Lipinski definition) is 0. The van der Waals surface area contributed by atoms with Crippen molar-refractivity contribution >= 4 is 55.2 Å². The van der Waals surface area contributed by atoms with Crippen LogP contribution in [0.15, 0.2) is 96.7 Å². The molecule has 0 radical (unpaired) electrons. The van der Waals surface area contributed by atoms with Crippen molar-refractivity contribution in [1.29, 1.82) is 0 Å².